The van der Waals surface area contributed by atoms with E-state index in [1.165, 1.54) is 24.3 Å². The van der Waals surface area contributed by atoms with E-state index in [0.717, 1.165) is 5.82 Å². The van der Waals surface area contributed by atoms with E-state index in [4.69, 9.17) is 0 Å². The van der Waals surface area contributed by atoms with E-state index in [1.807, 2.05) is 0 Å². The van der Waals surface area contributed by atoms with Crippen molar-refractivity contribution in [3.8, 4) is 0 Å². The van der Waals surface area contributed by atoms with Crippen LogP contribution >= 0.6 is 7.14 Å². The van der Waals surface area contributed by atoms with Gasteiger partial charge in [0.05, 0.1) is 0 Å². The molecule has 0 radical (unpaired) electrons. The highest BCUT2D eigenvalue weighted by atomic mass is 31.2. The van der Waals surface area contributed by atoms with Crippen molar-refractivity contribution in [2.75, 3.05) is 0 Å². The predicted molar refractivity (Wildman–Crippen MR) is 79.3 cm³/mol. The molecule has 0 heterocycles. The number of carbonyl (C=O) groups excluding carboxylic acids is 2. The summed E-state index contributed by atoms with van der Waals surface area (Å²) in [5, 5.41) is 0. The lowest BCUT2D eigenvalue weighted by molar-refractivity contribution is 0.104. The van der Waals surface area contributed by atoms with Gasteiger partial charge in [0.15, 0.2) is 0 Å². The van der Waals surface area contributed by atoms with Crippen molar-refractivity contribution in [1.29, 1.82) is 0 Å². The van der Waals surface area contributed by atoms with Gasteiger partial charge in [-0.15, -0.1) is 0 Å². The van der Waals surface area contributed by atoms with Crippen molar-refractivity contribution in [1.82, 2.24) is 0 Å². The first kappa shape index (κ1) is 14.2. The zero-order valence-corrected chi connectivity index (χ0v) is 11.6. The van der Waals surface area contributed by atoms with Gasteiger partial charge in [0.25, 0.3) is 0 Å². The number of hydrogen-bond donors (Lipinski definition) is 0. The smallest absolute Gasteiger partial charge is 0.241 e. The Morgan fingerprint density at radius 2 is 1.15 bits per heavy atom. The van der Waals surface area contributed by atoms with Crippen LogP contribution in [0.3, 0.4) is 0 Å². The van der Waals surface area contributed by atoms with Gasteiger partial charge >= 0.3 is 0 Å². The highest BCUT2D eigenvalue weighted by molar-refractivity contribution is 7.97. The molecule has 0 unspecified atom stereocenters. The van der Waals surface area contributed by atoms with Crippen LogP contribution in [0, 0.1) is 0 Å². The average molecular weight is 284 g/mol. The molecule has 20 heavy (non-hydrogen) atoms. The number of benzene rings is 2. The summed E-state index contributed by atoms with van der Waals surface area (Å²) in [5.74, 6) is 0.984. The maximum Gasteiger partial charge on any atom is 0.241 e. The molecule has 0 aliphatic heterocycles. The SMILES string of the molecule is C=CP(=O)(C(=O)c1ccccc1)C(=O)c1ccccc1. The fraction of sp³-hybridized carbons (Fsp3) is 0. The molecule has 0 atom stereocenters. The Kier molecular flexibility index (Phi) is 4.11. The summed E-state index contributed by atoms with van der Waals surface area (Å²) in [6, 6.07) is 16.3. The fourth-order valence-electron chi connectivity index (χ4n) is 1.80. The van der Waals surface area contributed by atoms with Gasteiger partial charge in [-0.2, -0.15) is 0 Å². The molecule has 0 aliphatic rings. The van der Waals surface area contributed by atoms with Crippen LogP contribution in [0.5, 0.6) is 0 Å². The molecule has 0 amide bonds. The predicted octanol–water partition coefficient (Wildman–Crippen LogP) is 4.17. The molecule has 0 aromatic heterocycles. The molecule has 4 heteroatoms. The van der Waals surface area contributed by atoms with Crippen molar-refractivity contribution in [2.45, 2.75) is 0 Å². The molecule has 0 N–H and O–H groups in total. The standard InChI is InChI=1S/C16H13O3P/c1-2-20(19,15(17)13-9-5-3-6-10-13)16(18)14-11-7-4-8-12-14/h2-12H,1H2. The Morgan fingerprint density at radius 3 is 1.45 bits per heavy atom. The summed E-state index contributed by atoms with van der Waals surface area (Å²) in [4.78, 5) is 24.7. The van der Waals surface area contributed by atoms with Crippen molar-refractivity contribution < 1.29 is 14.2 Å². The Balaban J connectivity index is 2.45. The Bertz CT molecular complexity index is 635. The van der Waals surface area contributed by atoms with Gasteiger partial charge in [-0.25, -0.2) is 0 Å². The van der Waals surface area contributed by atoms with Crippen LogP contribution in [0.4, 0.5) is 0 Å². The van der Waals surface area contributed by atoms with E-state index in [2.05, 4.69) is 6.58 Å². The highest BCUT2D eigenvalue weighted by Gasteiger charge is 2.37. The molecule has 0 aliphatic carbocycles. The molecule has 0 fully saturated rings. The van der Waals surface area contributed by atoms with Crippen LogP contribution in [0.2, 0.25) is 0 Å². The molecule has 0 bridgehead atoms. The Labute approximate surface area is 117 Å². The normalized spacial score (nSPS) is 10.8. The maximum absolute atomic E-state index is 12.8. The molecular weight excluding hydrogens is 271 g/mol. The van der Waals surface area contributed by atoms with Crippen LogP contribution < -0.4 is 0 Å². The number of rotatable bonds is 5. The van der Waals surface area contributed by atoms with Gasteiger partial charge in [0.1, 0.15) is 0 Å². The molecular formula is C16H13O3P. The molecule has 0 saturated heterocycles. The second-order valence-electron chi connectivity index (χ2n) is 4.18. The van der Waals surface area contributed by atoms with Gasteiger partial charge in [-0.1, -0.05) is 67.2 Å². The van der Waals surface area contributed by atoms with Crippen LogP contribution in [0.1, 0.15) is 20.7 Å². The Hall–Kier alpha value is -2.25. The third-order valence-corrected chi connectivity index (χ3v) is 5.14. The van der Waals surface area contributed by atoms with E-state index >= 15 is 0 Å². The minimum absolute atomic E-state index is 0.250. The van der Waals surface area contributed by atoms with Crippen LogP contribution in [-0.2, 0) is 4.57 Å². The van der Waals surface area contributed by atoms with Gasteiger partial charge in [0.2, 0.25) is 18.2 Å². The first-order chi connectivity index (χ1) is 9.59. The molecule has 0 saturated carbocycles. The van der Waals surface area contributed by atoms with Crippen molar-refractivity contribution in [3.05, 3.63) is 84.2 Å². The highest BCUT2D eigenvalue weighted by Crippen LogP contribution is 2.52. The third-order valence-electron chi connectivity index (χ3n) is 2.90. The molecule has 100 valence electrons. The summed E-state index contributed by atoms with van der Waals surface area (Å²) >= 11 is 0. The minimum atomic E-state index is -3.84. The topological polar surface area (TPSA) is 51.2 Å². The van der Waals surface area contributed by atoms with Crippen LogP contribution in [0.25, 0.3) is 0 Å². The van der Waals surface area contributed by atoms with Gasteiger partial charge in [0, 0.05) is 11.1 Å². The van der Waals surface area contributed by atoms with E-state index in [-0.39, 0.29) is 11.1 Å². The first-order valence-electron chi connectivity index (χ1n) is 6.03. The zero-order chi connectivity index (χ0) is 14.6. The monoisotopic (exact) mass is 284 g/mol. The van der Waals surface area contributed by atoms with Crippen LogP contribution in [-0.4, -0.2) is 11.0 Å². The first-order valence-corrected chi connectivity index (χ1v) is 7.80. The quantitative estimate of drug-likeness (QED) is 0.774. The summed E-state index contributed by atoms with van der Waals surface area (Å²) in [6.07, 6.45) is 0. The zero-order valence-electron chi connectivity index (χ0n) is 10.7. The van der Waals surface area contributed by atoms with Crippen molar-refractivity contribution in [3.63, 3.8) is 0 Å². The summed E-state index contributed by atoms with van der Waals surface area (Å²) in [5.41, 5.74) is -0.857. The number of hydrogen-bond acceptors (Lipinski definition) is 3. The summed E-state index contributed by atoms with van der Waals surface area (Å²) in [7, 11) is -3.84. The van der Waals surface area contributed by atoms with E-state index in [0.29, 0.717) is 0 Å². The summed E-state index contributed by atoms with van der Waals surface area (Å²) in [6.45, 7) is 3.42. The lowest BCUT2D eigenvalue weighted by Crippen LogP contribution is -2.08. The van der Waals surface area contributed by atoms with Gasteiger partial charge in [-0.3, -0.25) is 9.59 Å². The third kappa shape index (κ3) is 2.54. The molecule has 3 nitrogen and oxygen atoms in total. The second-order valence-corrected chi connectivity index (χ2v) is 6.68. The molecule has 0 spiro atoms. The van der Waals surface area contributed by atoms with Crippen LogP contribution in [0.15, 0.2) is 73.1 Å². The molecule has 2 aromatic carbocycles. The fourth-order valence-corrected chi connectivity index (χ4v) is 3.38. The number of carbonyl (C=O) groups is 2. The molecule has 2 aromatic rings. The Morgan fingerprint density at radius 1 is 0.800 bits per heavy atom. The largest absolute Gasteiger partial charge is 0.302 e. The van der Waals surface area contributed by atoms with Crippen molar-refractivity contribution in [2.24, 2.45) is 0 Å². The van der Waals surface area contributed by atoms with Gasteiger partial charge < -0.3 is 4.57 Å². The maximum atomic E-state index is 12.8. The van der Waals surface area contributed by atoms with E-state index in [1.54, 1.807) is 36.4 Å². The minimum Gasteiger partial charge on any atom is -0.302 e. The molecule has 2 rings (SSSR count). The average Bonchev–Trinajstić information content (AvgIpc) is 2.54. The lowest BCUT2D eigenvalue weighted by Gasteiger charge is -2.11. The van der Waals surface area contributed by atoms with Crippen molar-refractivity contribution >= 4 is 18.2 Å². The lowest BCUT2D eigenvalue weighted by atomic mass is 10.2. The second kappa shape index (κ2) is 5.81. The summed E-state index contributed by atoms with van der Waals surface area (Å²) < 4.78 is 12.8. The van der Waals surface area contributed by atoms with Gasteiger partial charge in [-0.05, 0) is 5.82 Å². The van der Waals surface area contributed by atoms with E-state index < -0.39 is 18.2 Å². The van der Waals surface area contributed by atoms with E-state index in [9.17, 15) is 14.2 Å².